The molecule has 0 fully saturated rings. The summed E-state index contributed by atoms with van der Waals surface area (Å²) in [5.41, 5.74) is -0.0610. The number of hydrogen-bond donors (Lipinski definition) is 1. The summed E-state index contributed by atoms with van der Waals surface area (Å²) in [4.78, 5) is 21.7. The number of rotatable bonds is 2. The Hall–Kier alpha value is -2.83. The topological polar surface area (TPSA) is 84.7 Å². The lowest BCUT2D eigenvalue weighted by Crippen LogP contribution is -2.08. The second kappa shape index (κ2) is 4.45. The standard InChI is InChI=1S/C12H7FN4O2/c13-9-4-2-1-3-7(9)10-16-12(19-17-10)8-5-14-6-15-11(8)18/h1-6H,(H,14,15,18). The fourth-order valence-corrected chi connectivity index (χ4v) is 1.58. The lowest BCUT2D eigenvalue weighted by molar-refractivity contribution is 0.431. The van der Waals surface area contributed by atoms with Gasteiger partial charge in [-0.1, -0.05) is 17.3 Å². The van der Waals surface area contributed by atoms with Gasteiger partial charge in [0.2, 0.25) is 5.82 Å². The van der Waals surface area contributed by atoms with E-state index in [0.717, 1.165) is 0 Å². The number of halogens is 1. The normalized spacial score (nSPS) is 10.6. The van der Waals surface area contributed by atoms with Gasteiger partial charge in [0, 0.05) is 6.20 Å². The number of benzene rings is 1. The molecular formula is C12H7FN4O2. The van der Waals surface area contributed by atoms with Crippen LogP contribution in [0.5, 0.6) is 0 Å². The molecule has 1 aromatic carbocycles. The average Bonchev–Trinajstić information content (AvgIpc) is 2.89. The summed E-state index contributed by atoms with van der Waals surface area (Å²) in [6.07, 6.45) is 2.55. The van der Waals surface area contributed by atoms with Gasteiger partial charge in [-0.3, -0.25) is 4.79 Å². The summed E-state index contributed by atoms with van der Waals surface area (Å²) in [7, 11) is 0. The van der Waals surface area contributed by atoms with Crippen LogP contribution in [0.15, 0.2) is 46.1 Å². The molecule has 3 aromatic rings. The lowest BCUT2D eigenvalue weighted by Gasteiger charge is -1.94. The van der Waals surface area contributed by atoms with Crippen molar-refractivity contribution >= 4 is 0 Å². The van der Waals surface area contributed by atoms with E-state index in [1.165, 1.54) is 24.7 Å². The number of hydrogen-bond acceptors (Lipinski definition) is 5. The maximum atomic E-state index is 13.6. The predicted octanol–water partition coefficient (Wildman–Crippen LogP) is 1.63. The highest BCUT2D eigenvalue weighted by molar-refractivity contribution is 5.59. The molecule has 94 valence electrons. The quantitative estimate of drug-likeness (QED) is 0.755. The third kappa shape index (κ3) is 2.01. The van der Waals surface area contributed by atoms with E-state index in [1.54, 1.807) is 12.1 Å². The second-order valence-electron chi connectivity index (χ2n) is 3.70. The van der Waals surface area contributed by atoms with Gasteiger partial charge in [-0.2, -0.15) is 4.98 Å². The zero-order valence-corrected chi connectivity index (χ0v) is 9.50. The Morgan fingerprint density at radius 2 is 2.05 bits per heavy atom. The van der Waals surface area contributed by atoms with Gasteiger partial charge in [-0.15, -0.1) is 0 Å². The van der Waals surface area contributed by atoms with Crippen LogP contribution in [-0.2, 0) is 0 Å². The predicted molar refractivity (Wildman–Crippen MR) is 63.5 cm³/mol. The van der Waals surface area contributed by atoms with Crippen molar-refractivity contribution in [3.05, 3.63) is 53.0 Å². The maximum Gasteiger partial charge on any atom is 0.265 e. The fraction of sp³-hybridized carbons (Fsp3) is 0. The van der Waals surface area contributed by atoms with Crippen LogP contribution in [-0.4, -0.2) is 20.1 Å². The molecule has 0 aliphatic carbocycles. The van der Waals surface area contributed by atoms with E-state index in [1.807, 2.05) is 0 Å². The van der Waals surface area contributed by atoms with E-state index in [9.17, 15) is 9.18 Å². The van der Waals surface area contributed by atoms with Gasteiger partial charge in [0.1, 0.15) is 11.4 Å². The molecule has 0 amide bonds. The van der Waals surface area contributed by atoms with E-state index in [2.05, 4.69) is 20.1 Å². The van der Waals surface area contributed by atoms with Crippen LogP contribution in [0.4, 0.5) is 4.39 Å². The fourth-order valence-electron chi connectivity index (χ4n) is 1.58. The minimum absolute atomic E-state index is 0.00685. The van der Waals surface area contributed by atoms with E-state index >= 15 is 0 Å². The summed E-state index contributed by atoms with van der Waals surface area (Å²) in [6.45, 7) is 0. The Kier molecular flexibility index (Phi) is 2.64. The molecule has 0 unspecified atom stereocenters. The van der Waals surface area contributed by atoms with Crippen molar-refractivity contribution in [3.63, 3.8) is 0 Å². The lowest BCUT2D eigenvalue weighted by atomic mass is 10.2. The molecule has 3 rings (SSSR count). The minimum atomic E-state index is -0.463. The van der Waals surface area contributed by atoms with Crippen molar-refractivity contribution in [2.45, 2.75) is 0 Å². The van der Waals surface area contributed by atoms with E-state index in [0.29, 0.717) is 0 Å². The largest absolute Gasteiger partial charge is 0.333 e. The van der Waals surface area contributed by atoms with Crippen LogP contribution in [0, 0.1) is 5.82 Å². The SMILES string of the molecule is O=c1[nH]cncc1-c1nc(-c2ccccc2F)no1. The zero-order valence-electron chi connectivity index (χ0n) is 9.50. The summed E-state index contributed by atoms with van der Waals surface area (Å²) in [6, 6.07) is 6.04. The van der Waals surface area contributed by atoms with Crippen molar-refractivity contribution in [1.82, 2.24) is 20.1 Å². The highest BCUT2D eigenvalue weighted by atomic mass is 19.1. The summed E-state index contributed by atoms with van der Waals surface area (Å²) < 4.78 is 18.5. The molecule has 2 aromatic heterocycles. The molecule has 7 heteroatoms. The van der Waals surface area contributed by atoms with Gasteiger partial charge in [0.15, 0.2) is 0 Å². The summed E-state index contributed by atoms with van der Waals surface area (Å²) in [5, 5.41) is 3.66. The molecule has 0 atom stereocenters. The molecule has 0 aliphatic heterocycles. The molecule has 0 bridgehead atoms. The monoisotopic (exact) mass is 258 g/mol. The molecular weight excluding hydrogens is 251 g/mol. The molecule has 0 radical (unpaired) electrons. The van der Waals surface area contributed by atoms with Crippen LogP contribution in [0.1, 0.15) is 0 Å². The zero-order chi connectivity index (χ0) is 13.2. The van der Waals surface area contributed by atoms with Crippen LogP contribution in [0.25, 0.3) is 22.8 Å². The van der Waals surface area contributed by atoms with Crippen LogP contribution < -0.4 is 5.56 Å². The van der Waals surface area contributed by atoms with Crippen molar-refractivity contribution in [1.29, 1.82) is 0 Å². The summed E-state index contributed by atoms with van der Waals surface area (Å²) in [5.74, 6) is -0.390. The van der Waals surface area contributed by atoms with Gasteiger partial charge >= 0.3 is 0 Å². The third-order valence-electron chi connectivity index (χ3n) is 2.49. The Bertz CT molecular complexity index is 781. The molecule has 6 nitrogen and oxygen atoms in total. The van der Waals surface area contributed by atoms with E-state index in [-0.39, 0.29) is 22.8 Å². The van der Waals surface area contributed by atoms with Crippen molar-refractivity contribution in [2.24, 2.45) is 0 Å². The average molecular weight is 258 g/mol. The Morgan fingerprint density at radius 1 is 1.21 bits per heavy atom. The van der Waals surface area contributed by atoms with Crippen molar-refractivity contribution in [3.8, 4) is 22.8 Å². The van der Waals surface area contributed by atoms with Gasteiger partial charge < -0.3 is 9.51 Å². The molecule has 0 saturated carbocycles. The highest BCUT2D eigenvalue weighted by Crippen LogP contribution is 2.21. The van der Waals surface area contributed by atoms with Crippen LogP contribution in [0.3, 0.4) is 0 Å². The Balaban J connectivity index is 2.08. The highest BCUT2D eigenvalue weighted by Gasteiger charge is 2.15. The van der Waals surface area contributed by atoms with Crippen LogP contribution >= 0.6 is 0 Å². The second-order valence-corrected chi connectivity index (χ2v) is 3.70. The minimum Gasteiger partial charge on any atom is -0.333 e. The third-order valence-corrected chi connectivity index (χ3v) is 2.49. The first-order valence-electron chi connectivity index (χ1n) is 5.37. The van der Waals surface area contributed by atoms with Gasteiger partial charge in [0.25, 0.3) is 11.4 Å². The van der Waals surface area contributed by atoms with E-state index < -0.39 is 11.4 Å². The van der Waals surface area contributed by atoms with Crippen molar-refractivity contribution < 1.29 is 8.91 Å². The maximum absolute atomic E-state index is 13.6. The Labute approximate surface area is 105 Å². The number of aromatic amines is 1. The number of nitrogens with zero attached hydrogens (tertiary/aromatic N) is 3. The molecule has 0 spiro atoms. The molecule has 1 N–H and O–H groups in total. The smallest absolute Gasteiger partial charge is 0.265 e. The van der Waals surface area contributed by atoms with Gasteiger partial charge in [0.05, 0.1) is 11.9 Å². The van der Waals surface area contributed by atoms with Crippen LogP contribution in [0.2, 0.25) is 0 Å². The first-order valence-corrected chi connectivity index (χ1v) is 5.37. The van der Waals surface area contributed by atoms with Crippen molar-refractivity contribution in [2.75, 3.05) is 0 Å². The number of nitrogens with one attached hydrogen (secondary N) is 1. The number of H-pyrrole nitrogens is 1. The first-order chi connectivity index (χ1) is 9.25. The number of aromatic nitrogens is 4. The molecule has 2 heterocycles. The van der Waals surface area contributed by atoms with Gasteiger partial charge in [-0.05, 0) is 12.1 Å². The van der Waals surface area contributed by atoms with Gasteiger partial charge in [-0.25, -0.2) is 9.37 Å². The molecule has 0 aliphatic rings. The molecule has 0 saturated heterocycles. The Morgan fingerprint density at radius 3 is 2.84 bits per heavy atom. The molecule has 19 heavy (non-hydrogen) atoms. The first kappa shape index (κ1) is 11.3. The summed E-state index contributed by atoms with van der Waals surface area (Å²) >= 11 is 0. The van der Waals surface area contributed by atoms with E-state index in [4.69, 9.17) is 4.52 Å².